The standard InChI is InChI=1S/C29H25ClN2O3S/c1-20-12-13-25(18-21(20)2)32-36(34,35)26-16-14-24(15-17-26)31-29(33)27(22-8-4-3-5-9-22)19-23-10-6-7-11-28(23)30/h3-19,32H,1-2H3,(H,31,33)/b27-19+. The number of rotatable bonds is 7. The summed E-state index contributed by atoms with van der Waals surface area (Å²) >= 11 is 6.32. The third-order valence-corrected chi connectivity index (χ3v) is 7.46. The lowest BCUT2D eigenvalue weighted by Gasteiger charge is -2.12. The van der Waals surface area contributed by atoms with E-state index in [0.29, 0.717) is 27.5 Å². The van der Waals surface area contributed by atoms with Crippen molar-refractivity contribution in [2.24, 2.45) is 0 Å². The summed E-state index contributed by atoms with van der Waals surface area (Å²) in [6.45, 7) is 3.89. The number of sulfonamides is 1. The van der Waals surface area contributed by atoms with E-state index in [2.05, 4.69) is 10.0 Å². The van der Waals surface area contributed by atoms with Gasteiger partial charge in [0.1, 0.15) is 0 Å². The highest BCUT2D eigenvalue weighted by molar-refractivity contribution is 7.92. The summed E-state index contributed by atoms with van der Waals surface area (Å²) < 4.78 is 28.3. The summed E-state index contributed by atoms with van der Waals surface area (Å²) in [5.74, 6) is -0.343. The lowest BCUT2D eigenvalue weighted by molar-refractivity contribution is -0.111. The molecule has 4 aromatic rings. The zero-order chi connectivity index (χ0) is 25.7. The number of nitrogens with one attached hydrogen (secondary N) is 2. The van der Waals surface area contributed by atoms with Crippen LogP contribution in [0.1, 0.15) is 22.3 Å². The molecule has 0 unspecified atom stereocenters. The number of hydrogen-bond acceptors (Lipinski definition) is 3. The van der Waals surface area contributed by atoms with Crippen molar-refractivity contribution >= 4 is 50.6 Å². The molecule has 0 atom stereocenters. The summed E-state index contributed by atoms with van der Waals surface area (Å²) in [5, 5.41) is 3.39. The first-order valence-corrected chi connectivity index (χ1v) is 13.1. The Hall–Kier alpha value is -3.87. The first-order chi connectivity index (χ1) is 17.2. The molecule has 0 fully saturated rings. The third-order valence-electron chi connectivity index (χ3n) is 5.72. The Morgan fingerprint density at radius 1 is 0.778 bits per heavy atom. The fourth-order valence-electron chi connectivity index (χ4n) is 3.58. The van der Waals surface area contributed by atoms with E-state index < -0.39 is 10.0 Å². The van der Waals surface area contributed by atoms with E-state index in [0.717, 1.165) is 16.7 Å². The van der Waals surface area contributed by atoms with Crippen LogP contribution in [0.2, 0.25) is 5.02 Å². The molecule has 0 saturated heterocycles. The Labute approximate surface area is 216 Å². The maximum Gasteiger partial charge on any atom is 0.261 e. The van der Waals surface area contributed by atoms with Gasteiger partial charge in [-0.25, -0.2) is 8.42 Å². The van der Waals surface area contributed by atoms with Crippen LogP contribution in [0.15, 0.2) is 102 Å². The highest BCUT2D eigenvalue weighted by Gasteiger charge is 2.17. The molecule has 5 nitrogen and oxygen atoms in total. The van der Waals surface area contributed by atoms with Crippen molar-refractivity contribution in [1.82, 2.24) is 0 Å². The molecule has 4 rings (SSSR count). The summed E-state index contributed by atoms with van der Waals surface area (Å²) in [7, 11) is -3.78. The first-order valence-electron chi connectivity index (χ1n) is 11.3. The number of benzene rings is 4. The molecule has 0 bridgehead atoms. The average Bonchev–Trinajstić information content (AvgIpc) is 2.86. The van der Waals surface area contributed by atoms with Gasteiger partial charge in [-0.15, -0.1) is 0 Å². The van der Waals surface area contributed by atoms with E-state index in [1.54, 1.807) is 36.4 Å². The van der Waals surface area contributed by atoms with Gasteiger partial charge in [0.15, 0.2) is 0 Å². The van der Waals surface area contributed by atoms with Crippen molar-refractivity contribution in [3.05, 3.63) is 124 Å². The van der Waals surface area contributed by atoms with Crippen molar-refractivity contribution in [3.63, 3.8) is 0 Å². The van der Waals surface area contributed by atoms with Gasteiger partial charge in [-0.1, -0.05) is 66.2 Å². The Bertz CT molecular complexity index is 1530. The largest absolute Gasteiger partial charge is 0.322 e. The number of amides is 1. The van der Waals surface area contributed by atoms with Crippen molar-refractivity contribution in [1.29, 1.82) is 0 Å². The van der Waals surface area contributed by atoms with Gasteiger partial charge >= 0.3 is 0 Å². The van der Waals surface area contributed by atoms with E-state index in [9.17, 15) is 13.2 Å². The van der Waals surface area contributed by atoms with Crippen LogP contribution in [-0.4, -0.2) is 14.3 Å². The molecular formula is C29H25ClN2O3S. The van der Waals surface area contributed by atoms with Crippen LogP contribution in [-0.2, 0) is 14.8 Å². The SMILES string of the molecule is Cc1ccc(NS(=O)(=O)c2ccc(NC(=O)/C(=C/c3ccccc3Cl)c3ccccc3)cc2)cc1C. The third kappa shape index (κ3) is 6.03. The topological polar surface area (TPSA) is 75.3 Å². The minimum Gasteiger partial charge on any atom is -0.322 e. The molecule has 0 heterocycles. The predicted molar refractivity (Wildman–Crippen MR) is 148 cm³/mol. The highest BCUT2D eigenvalue weighted by Crippen LogP contribution is 2.25. The molecule has 0 spiro atoms. The van der Waals surface area contributed by atoms with Crippen LogP contribution in [0.25, 0.3) is 11.6 Å². The van der Waals surface area contributed by atoms with Crippen LogP contribution >= 0.6 is 11.6 Å². The van der Waals surface area contributed by atoms with Crippen molar-refractivity contribution in [2.45, 2.75) is 18.7 Å². The Kier molecular flexibility index (Phi) is 7.58. The number of hydrogen-bond donors (Lipinski definition) is 2. The molecular weight excluding hydrogens is 492 g/mol. The maximum atomic E-state index is 13.3. The molecule has 1 amide bonds. The number of anilines is 2. The monoisotopic (exact) mass is 516 g/mol. The quantitative estimate of drug-likeness (QED) is 0.206. The molecule has 0 aliphatic carbocycles. The van der Waals surface area contributed by atoms with Gasteiger partial charge in [0.25, 0.3) is 15.9 Å². The molecule has 36 heavy (non-hydrogen) atoms. The fourth-order valence-corrected chi connectivity index (χ4v) is 4.82. The summed E-state index contributed by atoms with van der Waals surface area (Å²) in [6.07, 6.45) is 1.74. The molecule has 0 aliphatic heterocycles. The van der Waals surface area contributed by atoms with E-state index in [1.165, 1.54) is 12.1 Å². The van der Waals surface area contributed by atoms with Gasteiger partial charge in [0.2, 0.25) is 0 Å². The van der Waals surface area contributed by atoms with Crippen molar-refractivity contribution in [3.8, 4) is 0 Å². The second kappa shape index (κ2) is 10.8. The van der Waals surface area contributed by atoms with Gasteiger partial charge in [-0.2, -0.15) is 0 Å². The number of carbonyl (C=O) groups excluding carboxylic acids is 1. The fraction of sp³-hybridized carbons (Fsp3) is 0.0690. The van der Waals surface area contributed by atoms with Crippen LogP contribution in [0.5, 0.6) is 0 Å². The van der Waals surface area contributed by atoms with Gasteiger partial charge in [-0.3, -0.25) is 9.52 Å². The van der Waals surface area contributed by atoms with Gasteiger partial charge < -0.3 is 5.32 Å². The molecule has 0 radical (unpaired) electrons. The van der Waals surface area contributed by atoms with Crippen molar-refractivity contribution in [2.75, 3.05) is 10.0 Å². The van der Waals surface area contributed by atoms with E-state index in [-0.39, 0.29) is 10.8 Å². The molecule has 7 heteroatoms. The van der Waals surface area contributed by atoms with Crippen LogP contribution in [0.3, 0.4) is 0 Å². The molecule has 182 valence electrons. The second-order valence-electron chi connectivity index (χ2n) is 8.33. The summed E-state index contributed by atoms with van der Waals surface area (Å²) in [4.78, 5) is 13.3. The van der Waals surface area contributed by atoms with Gasteiger partial charge in [0, 0.05) is 22.0 Å². The lowest BCUT2D eigenvalue weighted by atomic mass is 10.0. The van der Waals surface area contributed by atoms with Crippen molar-refractivity contribution < 1.29 is 13.2 Å². The van der Waals surface area contributed by atoms with Crippen LogP contribution in [0, 0.1) is 13.8 Å². The zero-order valence-corrected chi connectivity index (χ0v) is 21.4. The molecule has 0 aromatic heterocycles. The number of aryl methyl sites for hydroxylation is 2. The molecule has 4 aromatic carbocycles. The summed E-state index contributed by atoms with van der Waals surface area (Å²) in [6, 6.07) is 28.0. The maximum absolute atomic E-state index is 13.3. The minimum atomic E-state index is -3.78. The smallest absolute Gasteiger partial charge is 0.261 e. The van der Waals surface area contributed by atoms with E-state index in [1.807, 2.05) is 68.4 Å². The molecule has 0 aliphatic rings. The normalized spacial score (nSPS) is 11.7. The predicted octanol–water partition coefficient (Wildman–Crippen LogP) is 6.94. The zero-order valence-electron chi connectivity index (χ0n) is 19.8. The highest BCUT2D eigenvalue weighted by atomic mass is 35.5. The minimum absolute atomic E-state index is 0.0913. The van der Waals surface area contributed by atoms with E-state index >= 15 is 0 Å². The average molecular weight is 517 g/mol. The van der Waals surface area contributed by atoms with Gasteiger partial charge in [0.05, 0.1) is 4.90 Å². The Morgan fingerprint density at radius 2 is 1.42 bits per heavy atom. The Morgan fingerprint density at radius 3 is 2.08 bits per heavy atom. The molecule has 2 N–H and O–H groups in total. The summed E-state index contributed by atoms with van der Waals surface area (Å²) in [5.41, 5.74) is 4.90. The van der Waals surface area contributed by atoms with Crippen LogP contribution < -0.4 is 10.0 Å². The number of halogens is 1. The second-order valence-corrected chi connectivity index (χ2v) is 10.4. The lowest BCUT2D eigenvalue weighted by Crippen LogP contribution is -2.15. The molecule has 0 saturated carbocycles. The van der Waals surface area contributed by atoms with Gasteiger partial charge in [-0.05, 0) is 84.6 Å². The Balaban J connectivity index is 1.56. The van der Waals surface area contributed by atoms with E-state index in [4.69, 9.17) is 11.6 Å². The van der Waals surface area contributed by atoms with Crippen LogP contribution in [0.4, 0.5) is 11.4 Å². The first kappa shape index (κ1) is 25.2. The number of carbonyl (C=O) groups is 1.